The predicted molar refractivity (Wildman–Crippen MR) is 72.5 cm³/mol. The van der Waals surface area contributed by atoms with Gasteiger partial charge in [-0.25, -0.2) is 4.98 Å². The normalized spacial score (nSPS) is 10.2. The van der Waals surface area contributed by atoms with Gasteiger partial charge in [-0.2, -0.15) is 0 Å². The first-order chi connectivity index (χ1) is 8.16. The van der Waals surface area contributed by atoms with Crippen LogP contribution in [0.2, 0.25) is 0 Å². The number of carbonyl (C=O) groups is 1. The van der Waals surface area contributed by atoms with Gasteiger partial charge in [0.1, 0.15) is 5.03 Å². The van der Waals surface area contributed by atoms with E-state index in [9.17, 15) is 4.79 Å². The lowest BCUT2D eigenvalue weighted by Gasteiger charge is -2.05. The number of ketones is 1. The Morgan fingerprint density at radius 3 is 2.82 bits per heavy atom. The highest BCUT2D eigenvalue weighted by atomic mass is 79.9. The second-order valence-corrected chi connectivity index (χ2v) is 5.45. The third-order valence-electron chi connectivity index (χ3n) is 2.16. The summed E-state index contributed by atoms with van der Waals surface area (Å²) in [5.41, 5.74) is 0.664. The van der Waals surface area contributed by atoms with Gasteiger partial charge >= 0.3 is 0 Å². The van der Waals surface area contributed by atoms with Crippen LogP contribution in [0.1, 0.15) is 17.3 Å². The van der Waals surface area contributed by atoms with Crippen molar-refractivity contribution in [2.75, 3.05) is 0 Å². The van der Waals surface area contributed by atoms with Gasteiger partial charge in [0.15, 0.2) is 5.78 Å². The molecule has 2 nitrogen and oxygen atoms in total. The molecule has 0 saturated carbocycles. The molecule has 1 aromatic heterocycles. The first-order valence-electron chi connectivity index (χ1n) is 5.06. The average Bonchev–Trinajstić information content (AvgIpc) is 2.29. The summed E-state index contributed by atoms with van der Waals surface area (Å²) in [6.45, 7) is 1.56. The summed E-state index contributed by atoms with van der Waals surface area (Å²) in [5.74, 6) is 0.0376. The maximum absolute atomic E-state index is 11.5. The maximum atomic E-state index is 11.5. The SMILES string of the molecule is CC(=O)c1cccnc1Sc1cccc(Br)c1. The lowest BCUT2D eigenvalue weighted by Crippen LogP contribution is -1.96. The van der Waals surface area contributed by atoms with Crippen molar-refractivity contribution in [2.24, 2.45) is 0 Å². The minimum Gasteiger partial charge on any atom is -0.294 e. The molecule has 0 atom stereocenters. The van der Waals surface area contributed by atoms with Crippen LogP contribution in [-0.4, -0.2) is 10.8 Å². The van der Waals surface area contributed by atoms with Crippen LogP contribution in [0, 0.1) is 0 Å². The largest absolute Gasteiger partial charge is 0.294 e. The van der Waals surface area contributed by atoms with Crippen LogP contribution >= 0.6 is 27.7 Å². The van der Waals surface area contributed by atoms with Crippen LogP contribution in [0.25, 0.3) is 0 Å². The number of hydrogen-bond acceptors (Lipinski definition) is 3. The number of nitrogens with zero attached hydrogens (tertiary/aromatic N) is 1. The van der Waals surface area contributed by atoms with E-state index in [1.165, 1.54) is 11.8 Å². The Hall–Kier alpha value is -1.13. The summed E-state index contributed by atoms with van der Waals surface area (Å²) in [4.78, 5) is 16.8. The van der Waals surface area contributed by atoms with Crippen LogP contribution in [0.15, 0.2) is 57.0 Å². The Morgan fingerprint density at radius 2 is 2.12 bits per heavy atom. The summed E-state index contributed by atoms with van der Waals surface area (Å²) in [6.07, 6.45) is 1.70. The fourth-order valence-electron chi connectivity index (χ4n) is 1.38. The van der Waals surface area contributed by atoms with E-state index in [1.54, 1.807) is 25.3 Å². The molecule has 4 heteroatoms. The van der Waals surface area contributed by atoms with E-state index in [0.29, 0.717) is 5.56 Å². The Balaban J connectivity index is 2.33. The van der Waals surface area contributed by atoms with Gasteiger partial charge in [0.05, 0.1) is 0 Å². The lowest BCUT2D eigenvalue weighted by molar-refractivity contribution is 0.101. The van der Waals surface area contributed by atoms with Gasteiger partial charge in [-0.3, -0.25) is 4.79 Å². The Bertz CT molecular complexity index is 557. The van der Waals surface area contributed by atoms with E-state index in [1.807, 2.05) is 24.3 Å². The summed E-state index contributed by atoms with van der Waals surface area (Å²) >= 11 is 4.92. The first kappa shape index (κ1) is 12.3. The number of carbonyl (C=O) groups excluding carboxylic acids is 1. The molecular formula is C13H10BrNOS. The van der Waals surface area contributed by atoms with E-state index in [2.05, 4.69) is 20.9 Å². The molecule has 17 heavy (non-hydrogen) atoms. The van der Waals surface area contributed by atoms with Crippen molar-refractivity contribution in [3.05, 3.63) is 52.6 Å². The molecule has 0 bridgehead atoms. The van der Waals surface area contributed by atoms with Gasteiger partial charge in [-0.15, -0.1) is 0 Å². The topological polar surface area (TPSA) is 30.0 Å². The summed E-state index contributed by atoms with van der Waals surface area (Å²) < 4.78 is 1.02. The predicted octanol–water partition coefficient (Wildman–Crippen LogP) is 4.20. The molecule has 0 aliphatic rings. The Morgan fingerprint density at radius 1 is 1.29 bits per heavy atom. The van der Waals surface area contributed by atoms with Gasteiger partial charge in [0.2, 0.25) is 0 Å². The molecule has 86 valence electrons. The second-order valence-electron chi connectivity index (χ2n) is 3.47. The fraction of sp³-hybridized carbons (Fsp3) is 0.0769. The highest BCUT2D eigenvalue weighted by Gasteiger charge is 2.09. The van der Waals surface area contributed by atoms with Gasteiger partial charge < -0.3 is 0 Å². The minimum absolute atomic E-state index is 0.0376. The lowest BCUT2D eigenvalue weighted by atomic mass is 10.2. The monoisotopic (exact) mass is 307 g/mol. The zero-order valence-electron chi connectivity index (χ0n) is 9.18. The molecule has 0 aliphatic carbocycles. The van der Waals surface area contributed by atoms with Crippen molar-refractivity contribution in [3.8, 4) is 0 Å². The van der Waals surface area contributed by atoms with Gasteiger partial charge in [0.25, 0.3) is 0 Å². The maximum Gasteiger partial charge on any atom is 0.162 e. The number of halogens is 1. The van der Waals surface area contributed by atoms with Crippen molar-refractivity contribution in [1.82, 2.24) is 4.98 Å². The molecule has 0 saturated heterocycles. The minimum atomic E-state index is 0.0376. The number of benzene rings is 1. The van der Waals surface area contributed by atoms with Crippen molar-refractivity contribution < 1.29 is 4.79 Å². The van der Waals surface area contributed by atoms with E-state index < -0.39 is 0 Å². The van der Waals surface area contributed by atoms with E-state index in [-0.39, 0.29) is 5.78 Å². The smallest absolute Gasteiger partial charge is 0.162 e. The summed E-state index contributed by atoms with van der Waals surface area (Å²) in [7, 11) is 0. The highest BCUT2D eigenvalue weighted by Crippen LogP contribution is 2.30. The van der Waals surface area contributed by atoms with Crippen LogP contribution in [0.3, 0.4) is 0 Å². The molecule has 0 amide bonds. The van der Waals surface area contributed by atoms with Crippen LogP contribution in [0.5, 0.6) is 0 Å². The quantitative estimate of drug-likeness (QED) is 0.796. The van der Waals surface area contributed by atoms with Crippen LogP contribution in [-0.2, 0) is 0 Å². The number of pyridine rings is 1. The molecule has 2 aromatic rings. The van der Waals surface area contributed by atoms with E-state index in [0.717, 1.165) is 14.4 Å². The molecular weight excluding hydrogens is 298 g/mol. The molecule has 0 fully saturated rings. The van der Waals surface area contributed by atoms with E-state index >= 15 is 0 Å². The molecule has 1 heterocycles. The number of Topliss-reactive ketones (excluding diaryl/α,β-unsaturated/α-hetero) is 1. The number of rotatable bonds is 3. The van der Waals surface area contributed by atoms with Crippen molar-refractivity contribution in [2.45, 2.75) is 16.8 Å². The number of hydrogen-bond donors (Lipinski definition) is 0. The Labute approximate surface area is 113 Å². The zero-order valence-corrected chi connectivity index (χ0v) is 11.6. The second kappa shape index (κ2) is 5.47. The van der Waals surface area contributed by atoms with Gasteiger partial charge in [-0.05, 0) is 37.3 Å². The number of aromatic nitrogens is 1. The molecule has 0 spiro atoms. The average molecular weight is 308 g/mol. The van der Waals surface area contributed by atoms with E-state index in [4.69, 9.17) is 0 Å². The molecule has 2 rings (SSSR count). The molecule has 0 N–H and O–H groups in total. The molecule has 0 aliphatic heterocycles. The van der Waals surface area contributed by atoms with Crippen LogP contribution < -0.4 is 0 Å². The van der Waals surface area contributed by atoms with Crippen molar-refractivity contribution >= 4 is 33.5 Å². The standard InChI is InChI=1S/C13H10BrNOS/c1-9(16)12-6-3-7-15-13(12)17-11-5-2-4-10(14)8-11/h2-8H,1H3. The van der Waals surface area contributed by atoms with Crippen LogP contribution in [0.4, 0.5) is 0 Å². The summed E-state index contributed by atoms with van der Waals surface area (Å²) in [5, 5.41) is 0.748. The van der Waals surface area contributed by atoms with Crippen molar-refractivity contribution in [1.29, 1.82) is 0 Å². The van der Waals surface area contributed by atoms with Gasteiger partial charge in [-0.1, -0.05) is 33.8 Å². The summed E-state index contributed by atoms with van der Waals surface area (Å²) in [6, 6.07) is 11.5. The third-order valence-corrected chi connectivity index (χ3v) is 3.66. The third kappa shape index (κ3) is 3.17. The zero-order chi connectivity index (χ0) is 12.3. The Kier molecular flexibility index (Phi) is 3.97. The first-order valence-corrected chi connectivity index (χ1v) is 6.67. The molecule has 0 radical (unpaired) electrons. The fourth-order valence-corrected chi connectivity index (χ4v) is 2.92. The van der Waals surface area contributed by atoms with Crippen molar-refractivity contribution in [3.63, 3.8) is 0 Å². The molecule has 1 aromatic carbocycles. The van der Waals surface area contributed by atoms with Gasteiger partial charge in [0, 0.05) is 21.1 Å². The highest BCUT2D eigenvalue weighted by molar-refractivity contribution is 9.10. The molecule has 0 unspecified atom stereocenters.